The Morgan fingerprint density at radius 3 is 2.88 bits per heavy atom. The molecule has 0 aliphatic rings. The van der Waals surface area contributed by atoms with E-state index in [0.29, 0.717) is 0 Å². The van der Waals surface area contributed by atoms with Crippen LogP contribution in [0.2, 0.25) is 0 Å². The molecule has 0 aliphatic heterocycles. The van der Waals surface area contributed by atoms with Crippen LogP contribution in [-0.2, 0) is 7.05 Å². The highest BCUT2D eigenvalue weighted by Crippen LogP contribution is 2.31. The fraction of sp³-hybridized carbons (Fsp3) is 0.111. The summed E-state index contributed by atoms with van der Waals surface area (Å²) in [6, 6.07) is 3.48. The van der Waals surface area contributed by atoms with Gasteiger partial charge in [0.2, 0.25) is 11.6 Å². The maximum atomic E-state index is 13.2. The second-order valence-electron chi connectivity index (χ2n) is 3.15. The molecule has 0 N–H and O–H groups in total. The first-order valence-electron chi connectivity index (χ1n) is 4.54. The van der Waals surface area contributed by atoms with Crippen molar-refractivity contribution in [2.45, 2.75) is 0 Å². The Bertz CT molecular complexity index is 569. The number of aryl methyl sites for hydroxylation is 1. The van der Waals surface area contributed by atoms with Gasteiger partial charge in [0, 0.05) is 7.05 Å². The molecule has 0 amide bonds. The average molecular weight is 238 g/mol. The molecule has 2 rings (SSSR count). The van der Waals surface area contributed by atoms with Gasteiger partial charge < -0.3 is 4.74 Å². The first-order valence-corrected chi connectivity index (χ1v) is 4.54. The molecule has 0 bridgehead atoms. The van der Waals surface area contributed by atoms with Gasteiger partial charge in [0.1, 0.15) is 6.33 Å². The molecular weight excluding hydrogens is 231 g/mol. The second-order valence-corrected chi connectivity index (χ2v) is 3.15. The highest BCUT2D eigenvalue weighted by atomic mass is 19.1. The average Bonchev–Trinajstić information content (AvgIpc) is 2.63. The van der Waals surface area contributed by atoms with E-state index in [4.69, 9.17) is 4.74 Å². The zero-order chi connectivity index (χ0) is 12.4. The Labute approximate surface area is 94.6 Å². The minimum atomic E-state index is -0.969. The summed E-state index contributed by atoms with van der Waals surface area (Å²) in [6.45, 7) is 0. The largest absolute Gasteiger partial charge is 0.416 e. The number of nitrogens with zero attached hydrogens (tertiary/aromatic N) is 4. The lowest BCUT2D eigenvalue weighted by Gasteiger charge is -2.02. The lowest BCUT2D eigenvalue weighted by atomic mass is 10.3. The number of nitro benzene ring substituents is 1. The van der Waals surface area contributed by atoms with Gasteiger partial charge in [0.05, 0.1) is 4.92 Å². The zero-order valence-electron chi connectivity index (χ0n) is 8.70. The van der Waals surface area contributed by atoms with Gasteiger partial charge in [-0.2, -0.15) is 9.37 Å². The van der Waals surface area contributed by atoms with Crippen molar-refractivity contribution < 1.29 is 14.1 Å². The van der Waals surface area contributed by atoms with Gasteiger partial charge in [0.25, 0.3) is 0 Å². The van der Waals surface area contributed by atoms with Gasteiger partial charge in [-0.25, -0.2) is 0 Å². The molecule has 8 heteroatoms. The molecule has 88 valence electrons. The Balaban J connectivity index is 2.39. The summed E-state index contributed by atoms with van der Waals surface area (Å²) in [6.07, 6.45) is 1.36. The van der Waals surface area contributed by atoms with Crippen molar-refractivity contribution in [1.82, 2.24) is 14.8 Å². The predicted molar refractivity (Wildman–Crippen MR) is 54.1 cm³/mol. The van der Waals surface area contributed by atoms with E-state index in [9.17, 15) is 14.5 Å². The van der Waals surface area contributed by atoms with E-state index in [2.05, 4.69) is 10.1 Å². The minimum Gasteiger partial charge on any atom is -0.416 e. The Morgan fingerprint density at radius 2 is 2.29 bits per heavy atom. The maximum absolute atomic E-state index is 13.2. The van der Waals surface area contributed by atoms with Crippen LogP contribution in [0.3, 0.4) is 0 Å². The van der Waals surface area contributed by atoms with Crippen molar-refractivity contribution >= 4 is 5.69 Å². The lowest BCUT2D eigenvalue weighted by molar-refractivity contribution is -0.388. The first kappa shape index (κ1) is 11.0. The molecule has 1 heterocycles. The number of hydrogen-bond acceptors (Lipinski definition) is 5. The molecule has 0 atom stereocenters. The van der Waals surface area contributed by atoms with Gasteiger partial charge in [-0.3, -0.25) is 14.8 Å². The molecule has 0 saturated heterocycles. The first-order chi connectivity index (χ1) is 8.08. The molecule has 0 fully saturated rings. The van der Waals surface area contributed by atoms with Crippen LogP contribution in [0.25, 0.3) is 0 Å². The van der Waals surface area contributed by atoms with E-state index in [1.54, 1.807) is 7.05 Å². The molecule has 1 aromatic heterocycles. The standard InChI is InChI=1S/C9H7FN4O3/c1-13-5-11-9(12-13)17-7-4-2-3-6(10)8(7)14(15)16/h2-5H,1H3. The monoisotopic (exact) mass is 238 g/mol. The fourth-order valence-electron chi connectivity index (χ4n) is 1.22. The van der Waals surface area contributed by atoms with Gasteiger partial charge in [-0.1, -0.05) is 6.07 Å². The van der Waals surface area contributed by atoms with Crippen LogP contribution in [0.5, 0.6) is 11.8 Å². The molecule has 2 aromatic rings. The molecule has 7 nitrogen and oxygen atoms in total. The smallest absolute Gasteiger partial charge is 0.346 e. The number of hydrogen-bond donors (Lipinski definition) is 0. The quantitative estimate of drug-likeness (QED) is 0.599. The molecule has 0 aliphatic carbocycles. The molecule has 0 radical (unpaired) electrons. The predicted octanol–water partition coefficient (Wildman–Crippen LogP) is 1.65. The zero-order valence-corrected chi connectivity index (χ0v) is 8.70. The third kappa shape index (κ3) is 2.19. The summed E-state index contributed by atoms with van der Waals surface area (Å²) in [7, 11) is 1.61. The van der Waals surface area contributed by atoms with E-state index in [-0.39, 0.29) is 11.8 Å². The van der Waals surface area contributed by atoms with E-state index >= 15 is 0 Å². The molecule has 0 saturated carbocycles. The van der Waals surface area contributed by atoms with Gasteiger partial charge in [-0.15, -0.1) is 5.10 Å². The summed E-state index contributed by atoms with van der Waals surface area (Å²) in [4.78, 5) is 13.5. The Kier molecular flexibility index (Phi) is 2.69. The number of benzene rings is 1. The Hall–Kier alpha value is -2.51. The van der Waals surface area contributed by atoms with Gasteiger partial charge >= 0.3 is 11.7 Å². The molecule has 0 spiro atoms. The van der Waals surface area contributed by atoms with E-state index in [1.807, 2.05) is 0 Å². The maximum Gasteiger partial charge on any atom is 0.346 e. The highest BCUT2D eigenvalue weighted by Gasteiger charge is 2.22. The minimum absolute atomic E-state index is 0.0822. The summed E-state index contributed by atoms with van der Waals surface area (Å²) >= 11 is 0. The lowest BCUT2D eigenvalue weighted by Crippen LogP contribution is -1.97. The van der Waals surface area contributed by atoms with Crippen molar-refractivity contribution in [3.8, 4) is 11.8 Å². The van der Waals surface area contributed by atoms with Crippen molar-refractivity contribution in [2.24, 2.45) is 7.05 Å². The summed E-state index contributed by atoms with van der Waals surface area (Å²) in [5, 5.41) is 14.5. The van der Waals surface area contributed by atoms with Crippen LogP contribution in [0.4, 0.5) is 10.1 Å². The van der Waals surface area contributed by atoms with Gasteiger partial charge in [0.15, 0.2) is 0 Å². The number of halogens is 1. The van der Waals surface area contributed by atoms with Crippen LogP contribution in [0, 0.1) is 15.9 Å². The van der Waals surface area contributed by atoms with Crippen LogP contribution in [0.1, 0.15) is 0 Å². The van der Waals surface area contributed by atoms with E-state index in [0.717, 1.165) is 6.07 Å². The van der Waals surface area contributed by atoms with Crippen LogP contribution in [0.15, 0.2) is 24.5 Å². The number of aromatic nitrogens is 3. The summed E-state index contributed by atoms with van der Waals surface area (Å²) in [5.74, 6) is -1.20. The SMILES string of the molecule is Cn1cnc(Oc2cccc(F)c2[N+](=O)[O-])n1. The Morgan fingerprint density at radius 1 is 1.53 bits per heavy atom. The molecule has 0 unspecified atom stereocenters. The fourth-order valence-corrected chi connectivity index (χ4v) is 1.22. The topological polar surface area (TPSA) is 83.1 Å². The van der Waals surface area contributed by atoms with Crippen molar-refractivity contribution in [1.29, 1.82) is 0 Å². The second kappa shape index (κ2) is 4.16. The van der Waals surface area contributed by atoms with Crippen molar-refractivity contribution in [3.63, 3.8) is 0 Å². The summed E-state index contributed by atoms with van der Waals surface area (Å²) in [5.41, 5.74) is -0.736. The van der Waals surface area contributed by atoms with Crippen LogP contribution < -0.4 is 4.74 Å². The third-order valence-corrected chi connectivity index (χ3v) is 1.91. The molecular formula is C9H7FN4O3. The van der Waals surface area contributed by atoms with Crippen molar-refractivity contribution in [3.05, 3.63) is 40.5 Å². The van der Waals surface area contributed by atoms with Crippen LogP contribution >= 0.6 is 0 Å². The number of nitro groups is 1. The van der Waals surface area contributed by atoms with E-state index < -0.39 is 16.4 Å². The molecule has 17 heavy (non-hydrogen) atoms. The number of ether oxygens (including phenoxy) is 1. The summed E-state index contributed by atoms with van der Waals surface area (Å²) < 4.78 is 19.7. The highest BCUT2D eigenvalue weighted by molar-refractivity contribution is 5.48. The molecule has 1 aromatic carbocycles. The van der Waals surface area contributed by atoms with Crippen LogP contribution in [-0.4, -0.2) is 19.7 Å². The van der Waals surface area contributed by atoms with Crippen molar-refractivity contribution in [2.75, 3.05) is 0 Å². The van der Waals surface area contributed by atoms with E-state index in [1.165, 1.54) is 23.1 Å². The number of rotatable bonds is 3. The number of para-hydroxylation sites is 1. The third-order valence-electron chi connectivity index (χ3n) is 1.91. The normalized spacial score (nSPS) is 10.2. The van der Waals surface area contributed by atoms with Gasteiger partial charge in [-0.05, 0) is 12.1 Å².